The van der Waals surface area contributed by atoms with E-state index in [1.165, 1.54) is 5.41 Å². The first-order valence-corrected chi connectivity index (χ1v) is 12.2. The van der Waals surface area contributed by atoms with Crippen LogP contribution >= 0.6 is 0 Å². The van der Waals surface area contributed by atoms with Crippen LogP contribution in [0.1, 0.15) is 11.1 Å². The van der Waals surface area contributed by atoms with Crippen molar-refractivity contribution in [2.24, 2.45) is 4.99 Å². The number of halogens is 2. The monoisotopic (exact) mass is 482 g/mol. The minimum absolute atomic E-state index is 0.0852. The quantitative estimate of drug-likeness (QED) is 0.630. The molecule has 1 aliphatic heterocycles. The third kappa shape index (κ3) is 6.22. The van der Waals surface area contributed by atoms with Gasteiger partial charge in [0.05, 0.1) is 5.55 Å². The zero-order valence-electron chi connectivity index (χ0n) is 17.1. The van der Waals surface area contributed by atoms with Gasteiger partial charge in [0.25, 0.3) is 0 Å². The van der Waals surface area contributed by atoms with Gasteiger partial charge in [-0.2, -0.15) is 8.42 Å². The SMILES string of the molecule is CN(C)Cc1ccccc1CNc1cc(F)c(OC(=O)NC2=CS(=S(=O)=O)C=N2)c(F)c1. The largest absolute Gasteiger partial charge is 0.418 e. The molecule has 1 amide bonds. The number of benzene rings is 2. The number of hydrogen-bond donors (Lipinski definition) is 2. The number of nitrogens with zero attached hydrogens (tertiary/aromatic N) is 2. The van der Waals surface area contributed by atoms with Crippen molar-refractivity contribution < 1.29 is 26.7 Å². The molecule has 0 radical (unpaired) electrons. The highest BCUT2D eigenvalue weighted by Gasteiger charge is 2.18. The average Bonchev–Trinajstić information content (AvgIpc) is 3.18. The summed E-state index contributed by atoms with van der Waals surface area (Å²) in [4.78, 5) is 17.6. The van der Waals surface area contributed by atoms with Gasteiger partial charge in [-0.3, -0.25) is 5.32 Å². The van der Waals surface area contributed by atoms with Crippen LogP contribution in [-0.2, 0) is 31.8 Å². The van der Waals surface area contributed by atoms with E-state index in [4.69, 9.17) is 4.74 Å². The van der Waals surface area contributed by atoms with Gasteiger partial charge < -0.3 is 15.0 Å². The average molecular weight is 483 g/mol. The third-order valence-electron chi connectivity index (χ3n) is 4.19. The lowest BCUT2D eigenvalue weighted by Crippen LogP contribution is -2.26. The number of ether oxygens (including phenoxy) is 1. The van der Waals surface area contributed by atoms with Gasteiger partial charge in [-0.15, -0.1) is 0 Å². The minimum Gasteiger partial charge on any atom is -0.404 e. The van der Waals surface area contributed by atoms with Crippen molar-refractivity contribution in [1.82, 2.24) is 10.2 Å². The second-order valence-corrected chi connectivity index (χ2v) is 10.4. The van der Waals surface area contributed by atoms with Gasteiger partial charge in [0, 0.05) is 45.8 Å². The number of amides is 1. The summed E-state index contributed by atoms with van der Waals surface area (Å²) in [7, 11) is 0.206. The van der Waals surface area contributed by atoms with E-state index < -0.39 is 42.2 Å². The Kier molecular flexibility index (Phi) is 7.72. The molecule has 0 fully saturated rings. The maximum absolute atomic E-state index is 14.4. The van der Waals surface area contributed by atoms with Crippen molar-refractivity contribution in [3.63, 3.8) is 0 Å². The fraction of sp³-hybridized carbons (Fsp3) is 0.200. The maximum Gasteiger partial charge on any atom is 0.418 e. The van der Waals surface area contributed by atoms with E-state index >= 15 is 0 Å². The van der Waals surface area contributed by atoms with Crippen LogP contribution in [-0.4, -0.2) is 39.1 Å². The zero-order chi connectivity index (χ0) is 23.3. The molecule has 0 saturated heterocycles. The summed E-state index contributed by atoms with van der Waals surface area (Å²) in [6.07, 6.45) is -1.20. The Bertz CT molecular complexity index is 1210. The Balaban J connectivity index is 1.67. The molecule has 32 heavy (non-hydrogen) atoms. The summed E-state index contributed by atoms with van der Waals surface area (Å²) in [5.41, 5.74) is 3.36. The summed E-state index contributed by atoms with van der Waals surface area (Å²) < 4.78 is 55.3. The summed E-state index contributed by atoms with van der Waals surface area (Å²) in [6, 6.07) is 9.75. The molecular formula is C20H20F2N4O4S2. The molecule has 2 N–H and O–H groups in total. The molecular weight excluding hydrogens is 462 g/mol. The molecule has 3 rings (SSSR count). The van der Waals surface area contributed by atoms with Gasteiger partial charge in [0.15, 0.2) is 11.6 Å². The van der Waals surface area contributed by atoms with Crippen LogP contribution in [0.2, 0.25) is 0 Å². The van der Waals surface area contributed by atoms with Crippen LogP contribution in [0.4, 0.5) is 19.3 Å². The maximum atomic E-state index is 14.4. The molecule has 2 aromatic rings. The summed E-state index contributed by atoms with van der Waals surface area (Å²) in [5, 5.41) is 6.28. The van der Waals surface area contributed by atoms with E-state index in [1.54, 1.807) is 0 Å². The summed E-state index contributed by atoms with van der Waals surface area (Å²) >= 11 is 0. The molecule has 8 nitrogen and oxygen atoms in total. The third-order valence-corrected chi connectivity index (χ3v) is 6.76. The Morgan fingerprint density at radius 2 is 1.81 bits per heavy atom. The number of carbonyl (C=O) groups excluding carboxylic acids is 1. The van der Waals surface area contributed by atoms with Gasteiger partial charge in [-0.25, -0.2) is 18.6 Å². The number of carbonyl (C=O) groups is 1. The van der Waals surface area contributed by atoms with E-state index in [9.17, 15) is 22.0 Å². The molecule has 0 aromatic heterocycles. The number of nitrogens with one attached hydrogen (secondary N) is 2. The Hall–Kier alpha value is -3.09. The molecule has 1 atom stereocenters. The summed E-state index contributed by atoms with van der Waals surface area (Å²) in [5.74, 6) is -3.12. The Morgan fingerprint density at radius 1 is 1.16 bits per heavy atom. The second-order valence-electron chi connectivity index (χ2n) is 6.91. The number of anilines is 1. The van der Waals surface area contributed by atoms with Crippen LogP contribution in [0, 0.1) is 11.6 Å². The number of aliphatic imine (C=N–C) groups is 1. The van der Waals surface area contributed by atoms with Gasteiger partial charge in [0.2, 0.25) is 15.0 Å². The first kappa shape index (κ1) is 23.6. The lowest BCUT2D eigenvalue weighted by Gasteiger charge is -2.15. The molecule has 0 spiro atoms. The molecule has 1 aliphatic rings. The van der Waals surface area contributed by atoms with Gasteiger partial charge >= 0.3 is 6.09 Å². The van der Waals surface area contributed by atoms with Crippen molar-refractivity contribution in [1.29, 1.82) is 0 Å². The smallest absolute Gasteiger partial charge is 0.404 e. The number of rotatable bonds is 7. The minimum atomic E-state index is -2.41. The molecule has 170 valence electrons. The Morgan fingerprint density at radius 3 is 2.41 bits per heavy atom. The molecule has 0 bridgehead atoms. The van der Waals surface area contributed by atoms with E-state index in [0.29, 0.717) is 6.54 Å². The van der Waals surface area contributed by atoms with Crippen LogP contribution in [0.15, 0.2) is 52.6 Å². The van der Waals surface area contributed by atoms with E-state index in [-0.39, 0.29) is 11.5 Å². The van der Waals surface area contributed by atoms with Crippen molar-refractivity contribution >= 4 is 36.0 Å². The van der Waals surface area contributed by atoms with Crippen molar-refractivity contribution in [2.45, 2.75) is 13.1 Å². The first-order valence-electron chi connectivity index (χ1n) is 9.24. The molecule has 1 heterocycles. The highest BCUT2D eigenvalue weighted by atomic mass is 32.9. The van der Waals surface area contributed by atoms with Crippen molar-refractivity contribution in [2.75, 3.05) is 19.4 Å². The zero-order valence-corrected chi connectivity index (χ0v) is 18.8. The lowest BCUT2D eigenvalue weighted by atomic mass is 10.1. The first-order chi connectivity index (χ1) is 15.2. The van der Waals surface area contributed by atoms with Crippen molar-refractivity contribution in [3.8, 4) is 5.75 Å². The molecule has 2 aromatic carbocycles. The van der Waals surface area contributed by atoms with Gasteiger partial charge in [-0.05, 0) is 25.2 Å². The van der Waals surface area contributed by atoms with Crippen LogP contribution in [0.3, 0.4) is 0 Å². The fourth-order valence-electron chi connectivity index (χ4n) is 2.82. The molecule has 1 unspecified atom stereocenters. The molecule has 12 heteroatoms. The fourth-order valence-corrected chi connectivity index (χ4v) is 4.44. The summed E-state index contributed by atoms with van der Waals surface area (Å²) in [6.45, 7) is 1.06. The predicted octanol–water partition coefficient (Wildman–Crippen LogP) is 2.98. The predicted molar refractivity (Wildman–Crippen MR) is 120 cm³/mol. The van der Waals surface area contributed by atoms with E-state index in [1.807, 2.05) is 43.3 Å². The lowest BCUT2D eigenvalue weighted by molar-refractivity contribution is 0.199. The van der Waals surface area contributed by atoms with E-state index in [2.05, 4.69) is 15.6 Å². The second kappa shape index (κ2) is 10.5. The number of hydrogen-bond acceptors (Lipinski definition) is 7. The van der Waals surface area contributed by atoms with Crippen LogP contribution < -0.4 is 15.4 Å². The van der Waals surface area contributed by atoms with Crippen LogP contribution in [0.5, 0.6) is 5.75 Å². The van der Waals surface area contributed by atoms with Gasteiger partial charge in [-0.1, -0.05) is 24.3 Å². The highest BCUT2D eigenvalue weighted by Crippen LogP contribution is 2.26. The van der Waals surface area contributed by atoms with Crippen molar-refractivity contribution in [3.05, 3.63) is 70.4 Å². The molecule has 0 saturated carbocycles. The van der Waals surface area contributed by atoms with Crippen LogP contribution in [0.25, 0.3) is 0 Å². The Labute approximate surface area is 186 Å². The molecule has 0 aliphatic carbocycles. The van der Waals surface area contributed by atoms with E-state index in [0.717, 1.165) is 35.4 Å². The highest BCUT2D eigenvalue weighted by molar-refractivity contribution is 8.42. The van der Waals surface area contributed by atoms with Gasteiger partial charge in [0.1, 0.15) is 5.82 Å². The standard InChI is InChI=1S/C20H20F2N4O4S2/c1-26(2)10-14-6-4-3-5-13(14)9-23-15-7-16(21)19(17(22)8-15)30-20(27)25-18-11-31(12-24-18)32(28)29/h3-8,11-12,23H,9-10H2,1-2H3,(H,25,27). The normalized spacial score (nSPS) is 14.9. The topological polar surface area (TPSA) is 100 Å².